The van der Waals surface area contributed by atoms with Crippen LogP contribution >= 0.6 is 11.3 Å². The molecule has 1 N–H and O–H groups in total. The molecule has 1 aromatic heterocycles. The van der Waals surface area contributed by atoms with Crippen LogP contribution in [0.4, 0.5) is 0 Å². The summed E-state index contributed by atoms with van der Waals surface area (Å²) in [6, 6.07) is 0. The smallest absolute Gasteiger partial charge is 0.357 e. The molecule has 0 amide bonds. The number of carbonyl (C=O) groups is 1. The van der Waals surface area contributed by atoms with Crippen molar-refractivity contribution >= 4 is 31.7 Å². The average molecular weight is 506 g/mol. The van der Waals surface area contributed by atoms with E-state index in [1.54, 1.807) is 5.38 Å². The van der Waals surface area contributed by atoms with Crippen molar-refractivity contribution in [2.24, 2.45) is 17.3 Å². The first-order valence-electron chi connectivity index (χ1n) is 12.1. The van der Waals surface area contributed by atoms with Gasteiger partial charge in [-0.1, -0.05) is 65.0 Å². The lowest BCUT2D eigenvalue weighted by Gasteiger charge is -2.44. The Bertz CT molecular complexity index is 910. The molecular formula is C27H43NO4SSi. The van der Waals surface area contributed by atoms with E-state index in [-0.39, 0.29) is 16.6 Å². The Morgan fingerprint density at radius 1 is 1.24 bits per heavy atom. The topological polar surface area (TPSA) is 68.7 Å². The summed E-state index contributed by atoms with van der Waals surface area (Å²) in [5.41, 5.74) is 0.0201. The number of esters is 1. The highest BCUT2D eigenvalue weighted by Gasteiger charge is 2.43. The van der Waals surface area contributed by atoms with Crippen molar-refractivity contribution in [1.29, 1.82) is 0 Å². The van der Waals surface area contributed by atoms with Crippen molar-refractivity contribution in [1.82, 2.24) is 4.98 Å². The second-order valence-corrected chi connectivity index (χ2v) is 17.0. The largest absolute Gasteiger partial charge is 0.464 e. The summed E-state index contributed by atoms with van der Waals surface area (Å²) in [7, 11) is -0.527. The van der Waals surface area contributed by atoms with Gasteiger partial charge < -0.3 is 14.3 Å². The molecule has 0 spiro atoms. The molecule has 0 aromatic carbocycles. The second-order valence-electron chi connectivity index (χ2n) is 11.4. The van der Waals surface area contributed by atoms with Crippen molar-refractivity contribution < 1.29 is 19.1 Å². The van der Waals surface area contributed by atoms with Gasteiger partial charge in [0.1, 0.15) is 5.01 Å². The molecule has 1 saturated carbocycles. The number of methoxy groups -OCH3 is 1. The van der Waals surface area contributed by atoms with Gasteiger partial charge in [0, 0.05) is 16.9 Å². The van der Waals surface area contributed by atoms with Gasteiger partial charge in [-0.15, -0.1) is 11.3 Å². The third-order valence-corrected chi connectivity index (χ3v) is 12.8. The molecule has 34 heavy (non-hydrogen) atoms. The van der Waals surface area contributed by atoms with Crippen molar-refractivity contribution in [3.8, 4) is 0 Å². The first kappa shape index (κ1) is 28.7. The summed E-state index contributed by atoms with van der Waals surface area (Å²) in [6.45, 7) is 17.6. The molecule has 0 radical (unpaired) electrons. The first-order valence-corrected chi connectivity index (χ1v) is 15.9. The summed E-state index contributed by atoms with van der Waals surface area (Å²) in [5, 5.41) is 13.5. The molecule has 1 aliphatic carbocycles. The zero-order valence-electron chi connectivity index (χ0n) is 22.3. The fourth-order valence-electron chi connectivity index (χ4n) is 3.31. The summed E-state index contributed by atoms with van der Waals surface area (Å²) in [5.74, 6) is 0.658. The van der Waals surface area contributed by atoms with Crippen molar-refractivity contribution in [3.05, 3.63) is 46.5 Å². The number of thiazole rings is 1. The van der Waals surface area contributed by atoms with E-state index in [9.17, 15) is 9.90 Å². The zero-order chi connectivity index (χ0) is 25.7. The Balaban J connectivity index is 1.79. The molecule has 0 bridgehead atoms. The minimum Gasteiger partial charge on any atom is -0.464 e. The van der Waals surface area contributed by atoms with Crippen LogP contribution in [0.3, 0.4) is 0 Å². The summed E-state index contributed by atoms with van der Waals surface area (Å²) < 4.78 is 11.2. The molecule has 1 fully saturated rings. The van der Waals surface area contributed by atoms with E-state index in [0.29, 0.717) is 24.0 Å². The number of aliphatic hydroxyl groups excluding tert-OH is 1. The molecule has 1 aliphatic rings. The van der Waals surface area contributed by atoms with Gasteiger partial charge in [-0.25, -0.2) is 9.78 Å². The standard InChI is InChI=1S/C27H43NO4SSi/c1-19(32-34(8,9)26(2,3)4)27(5,6)23(29)15-12-14-21-17-20(21)13-10-11-16-24-28-22(18-33-24)25(30)31-7/h10-14,16,18-21,23,29H,15,17H2,1-9H3/b13-10+,14-12-,16-11-/t19-,20+,21-,23-/m0/s1. The van der Waals surface area contributed by atoms with Gasteiger partial charge in [0.05, 0.1) is 13.2 Å². The SMILES string of the molecule is COC(=O)c1csc(/C=C\C=C\[C@@H]2C[C@@H]2/C=C\C[C@H](O)C(C)(C)[C@H](C)O[Si](C)(C)C(C)(C)C)n1. The molecule has 0 saturated heterocycles. The Hall–Kier alpha value is -1.54. The maximum atomic E-state index is 11.5. The van der Waals surface area contributed by atoms with E-state index in [1.165, 1.54) is 18.4 Å². The van der Waals surface area contributed by atoms with Gasteiger partial charge in [0.25, 0.3) is 0 Å². The van der Waals surface area contributed by atoms with E-state index < -0.39 is 20.4 Å². The highest BCUT2D eigenvalue weighted by atomic mass is 32.1. The molecule has 4 atom stereocenters. The predicted octanol–water partition coefficient (Wildman–Crippen LogP) is 6.88. The summed E-state index contributed by atoms with van der Waals surface area (Å²) >= 11 is 1.42. The highest BCUT2D eigenvalue weighted by molar-refractivity contribution is 7.10. The number of aromatic nitrogens is 1. The van der Waals surface area contributed by atoms with E-state index in [2.05, 4.69) is 82.6 Å². The van der Waals surface area contributed by atoms with Gasteiger partial charge in [0.15, 0.2) is 14.0 Å². The third kappa shape index (κ3) is 7.73. The lowest BCUT2D eigenvalue weighted by molar-refractivity contribution is -0.0305. The highest BCUT2D eigenvalue weighted by Crippen LogP contribution is 2.42. The van der Waals surface area contributed by atoms with Crippen LogP contribution in [-0.2, 0) is 9.16 Å². The van der Waals surface area contributed by atoms with Gasteiger partial charge in [-0.2, -0.15) is 0 Å². The van der Waals surface area contributed by atoms with Gasteiger partial charge in [0.2, 0.25) is 0 Å². The molecule has 5 nitrogen and oxygen atoms in total. The van der Waals surface area contributed by atoms with E-state index in [4.69, 9.17) is 4.43 Å². The molecule has 2 rings (SSSR count). The van der Waals surface area contributed by atoms with Gasteiger partial charge >= 0.3 is 5.97 Å². The molecule has 0 unspecified atom stereocenters. The van der Waals surface area contributed by atoms with E-state index >= 15 is 0 Å². The molecular weight excluding hydrogens is 462 g/mol. The third-order valence-electron chi connectivity index (χ3n) is 7.44. The number of hydrogen-bond donors (Lipinski definition) is 1. The Morgan fingerprint density at radius 3 is 2.50 bits per heavy atom. The van der Waals surface area contributed by atoms with Crippen LogP contribution < -0.4 is 0 Å². The number of nitrogens with zero attached hydrogens (tertiary/aromatic N) is 1. The number of allylic oxidation sites excluding steroid dienone is 4. The monoisotopic (exact) mass is 505 g/mol. The number of rotatable bonds is 11. The lowest BCUT2D eigenvalue weighted by atomic mass is 9.80. The van der Waals surface area contributed by atoms with Crippen molar-refractivity contribution in [2.75, 3.05) is 7.11 Å². The fourth-order valence-corrected chi connectivity index (χ4v) is 5.54. The fraction of sp³-hybridized carbons (Fsp3) is 0.630. The molecule has 1 aromatic rings. The minimum absolute atomic E-state index is 0.0123. The first-order chi connectivity index (χ1) is 15.7. The van der Waals surface area contributed by atoms with Crippen LogP contribution in [0.2, 0.25) is 18.1 Å². The number of hydrogen-bond acceptors (Lipinski definition) is 6. The summed E-state index contributed by atoms with van der Waals surface area (Å²) in [4.78, 5) is 15.7. The summed E-state index contributed by atoms with van der Waals surface area (Å²) in [6.07, 6.45) is 13.8. The molecule has 190 valence electrons. The lowest BCUT2D eigenvalue weighted by Crippen LogP contribution is -2.49. The predicted molar refractivity (Wildman–Crippen MR) is 145 cm³/mol. The van der Waals surface area contributed by atoms with Crippen LogP contribution in [0.5, 0.6) is 0 Å². The average Bonchev–Trinajstić information content (AvgIpc) is 3.31. The minimum atomic E-state index is -1.88. The van der Waals surface area contributed by atoms with E-state index in [0.717, 1.165) is 11.4 Å². The van der Waals surface area contributed by atoms with Crippen LogP contribution in [-0.4, -0.2) is 43.7 Å². The second kappa shape index (κ2) is 11.5. The van der Waals surface area contributed by atoms with Crippen LogP contribution in [0.1, 0.15) is 69.9 Å². The zero-order valence-corrected chi connectivity index (χ0v) is 24.1. The maximum Gasteiger partial charge on any atom is 0.357 e. The van der Waals surface area contributed by atoms with Gasteiger partial charge in [-0.05, 0) is 55.8 Å². The maximum absolute atomic E-state index is 11.5. The molecule has 7 heteroatoms. The number of carbonyl (C=O) groups excluding carboxylic acids is 1. The number of ether oxygens (including phenoxy) is 1. The van der Waals surface area contributed by atoms with Crippen LogP contribution in [0, 0.1) is 17.3 Å². The van der Waals surface area contributed by atoms with Crippen LogP contribution in [0.15, 0.2) is 35.8 Å². The normalized spacial score (nSPS) is 21.5. The van der Waals surface area contributed by atoms with E-state index in [1.807, 2.05) is 18.2 Å². The Kier molecular flexibility index (Phi) is 9.67. The molecule has 0 aliphatic heterocycles. The molecule has 1 heterocycles. The quantitative estimate of drug-likeness (QED) is 0.154. The van der Waals surface area contributed by atoms with Crippen LogP contribution in [0.25, 0.3) is 6.08 Å². The van der Waals surface area contributed by atoms with Crippen molar-refractivity contribution in [3.63, 3.8) is 0 Å². The number of aliphatic hydroxyl groups is 1. The van der Waals surface area contributed by atoms with Crippen molar-refractivity contribution in [2.45, 2.75) is 84.7 Å². The Morgan fingerprint density at radius 2 is 1.88 bits per heavy atom. The Labute approximate surface area is 211 Å². The van der Waals surface area contributed by atoms with Gasteiger partial charge in [-0.3, -0.25) is 0 Å².